The first-order valence-electron chi connectivity index (χ1n) is 5.75. The van der Waals surface area contributed by atoms with Crippen LogP contribution >= 0.6 is 11.3 Å². The van der Waals surface area contributed by atoms with Gasteiger partial charge < -0.3 is 15.3 Å². The lowest BCUT2D eigenvalue weighted by molar-refractivity contribution is 0.191. The maximum Gasteiger partial charge on any atom is 0.185 e. The van der Waals surface area contributed by atoms with E-state index in [4.69, 9.17) is 5.11 Å². The summed E-state index contributed by atoms with van der Waals surface area (Å²) >= 11 is 1.71. The molecule has 92 valence electrons. The predicted octanol–water partition coefficient (Wildman–Crippen LogP) is 1.46. The molecule has 0 radical (unpaired) electrons. The van der Waals surface area contributed by atoms with Crippen molar-refractivity contribution in [2.45, 2.75) is 33.4 Å². The number of aliphatic hydroxyl groups excluding tert-OH is 1. The van der Waals surface area contributed by atoms with Crippen molar-refractivity contribution in [1.29, 1.82) is 0 Å². The molecule has 0 spiro atoms. The molecule has 16 heavy (non-hydrogen) atoms. The lowest BCUT2D eigenvalue weighted by Gasteiger charge is -2.16. The predicted molar refractivity (Wildman–Crippen MR) is 69.1 cm³/mol. The Labute approximate surface area is 101 Å². The number of hydrogen-bond acceptors (Lipinski definition) is 5. The monoisotopic (exact) mass is 243 g/mol. The second-order valence-electron chi connectivity index (χ2n) is 3.76. The van der Waals surface area contributed by atoms with Crippen LogP contribution in [-0.4, -0.2) is 35.8 Å². The number of hydrogen-bond donors (Lipinski definition) is 2. The van der Waals surface area contributed by atoms with E-state index in [1.54, 1.807) is 18.3 Å². The summed E-state index contributed by atoms with van der Waals surface area (Å²) in [4.78, 5) is 7.85. The molecule has 0 bridgehead atoms. The Morgan fingerprint density at radius 3 is 2.75 bits per heavy atom. The maximum absolute atomic E-state index is 9.12. The largest absolute Gasteiger partial charge is 0.392 e. The van der Waals surface area contributed by atoms with Gasteiger partial charge in [0.05, 0.1) is 6.10 Å². The van der Waals surface area contributed by atoms with Gasteiger partial charge in [0.25, 0.3) is 0 Å². The van der Waals surface area contributed by atoms with E-state index in [1.807, 2.05) is 6.20 Å². The minimum absolute atomic E-state index is 0.296. The zero-order chi connectivity index (χ0) is 12.0. The van der Waals surface area contributed by atoms with Gasteiger partial charge in [-0.1, -0.05) is 0 Å². The molecule has 1 atom stereocenters. The molecule has 0 saturated carbocycles. The SMILES string of the molecule is CCN(CC)c1ncc(CNC[C@@H](C)O)s1. The summed E-state index contributed by atoms with van der Waals surface area (Å²) < 4.78 is 0. The minimum Gasteiger partial charge on any atom is -0.392 e. The van der Waals surface area contributed by atoms with Crippen LogP contribution in [-0.2, 0) is 6.54 Å². The number of thiazole rings is 1. The van der Waals surface area contributed by atoms with Crippen molar-refractivity contribution in [1.82, 2.24) is 10.3 Å². The lowest BCUT2D eigenvalue weighted by Crippen LogP contribution is -2.23. The first-order chi connectivity index (χ1) is 7.67. The van der Waals surface area contributed by atoms with Crippen molar-refractivity contribution < 1.29 is 5.11 Å². The topological polar surface area (TPSA) is 48.4 Å². The fourth-order valence-electron chi connectivity index (χ4n) is 1.42. The molecule has 2 N–H and O–H groups in total. The summed E-state index contributed by atoms with van der Waals surface area (Å²) in [7, 11) is 0. The molecule has 0 unspecified atom stereocenters. The highest BCUT2D eigenvalue weighted by Gasteiger charge is 2.07. The van der Waals surface area contributed by atoms with Crippen molar-refractivity contribution in [2.24, 2.45) is 0 Å². The molecule has 0 aromatic carbocycles. The van der Waals surface area contributed by atoms with Crippen LogP contribution in [0.25, 0.3) is 0 Å². The van der Waals surface area contributed by atoms with Crippen LogP contribution in [0.2, 0.25) is 0 Å². The second kappa shape index (κ2) is 6.83. The van der Waals surface area contributed by atoms with E-state index in [0.717, 1.165) is 24.8 Å². The smallest absolute Gasteiger partial charge is 0.185 e. The summed E-state index contributed by atoms with van der Waals surface area (Å²) in [6.45, 7) is 9.44. The van der Waals surface area contributed by atoms with E-state index >= 15 is 0 Å². The van der Waals surface area contributed by atoms with Gasteiger partial charge in [0.15, 0.2) is 5.13 Å². The highest BCUT2D eigenvalue weighted by molar-refractivity contribution is 7.15. The van der Waals surface area contributed by atoms with Gasteiger partial charge in [0.1, 0.15) is 0 Å². The molecule has 0 aliphatic carbocycles. The Balaban J connectivity index is 2.44. The standard InChI is InChI=1S/C11H21N3OS/c1-4-14(5-2)11-13-8-10(16-11)7-12-6-9(3)15/h8-9,12,15H,4-7H2,1-3H3/t9-/m1/s1. The van der Waals surface area contributed by atoms with Crippen molar-refractivity contribution in [3.63, 3.8) is 0 Å². The van der Waals surface area contributed by atoms with E-state index in [2.05, 4.69) is 29.0 Å². The summed E-state index contributed by atoms with van der Waals surface area (Å²) in [5, 5.41) is 13.4. The van der Waals surface area contributed by atoms with Crippen molar-refractivity contribution >= 4 is 16.5 Å². The third kappa shape index (κ3) is 4.08. The molecule has 5 heteroatoms. The Morgan fingerprint density at radius 2 is 2.19 bits per heavy atom. The number of nitrogens with one attached hydrogen (secondary N) is 1. The van der Waals surface area contributed by atoms with Crippen molar-refractivity contribution in [2.75, 3.05) is 24.5 Å². The normalized spacial score (nSPS) is 12.8. The van der Waals surface area contributed by atoms with Gasteiger partial charge in [-0.25, -0.2) is 4.98 Å². The molecule has 0 fully saturated rings. The molecule has 1 aromatic rings. The van der Waals surface area contributed by atoms with Gasteiger partial charge in [-0.05, 0) is 20.8 Å². The molecule has 1 aromatic heterocycles. The summed E-state index contributed by atoms with van der Waals surface area (Å²) in [6, 6.07) is 0. The van der Waals surface area contributed by atoms with E-state index in [0.29, 0.717) is 6.54 Å². The van der Waals surface area contributed by atoms with E-state index in [9.17, 15) is 0 Å². The lowest BCUT2D eigenvalue weighted by atomic mass is 10.4. The Hall–Kier alpha value is -0.650. The average molecular weight is 243 g/mol. The number of nitrogens with zero attached hydrogens (tertiary/aromatic N) is 2. The van der Waals surface area contributed by atoms with Crippen LogP contribution < -0.4 is 10.2 Å². The fraction of sp³-hybridized carbons (Fsp3) is 0.727. The molecule has 0 amide bonds. The van der Waals surface area contributed by atoms with E-state index in [-0.39, 0.29) is 6.10 Å². The number of rotatable bonds is 7. The molecular formula is C11H21N3OS. The number of aliphatic hydroxyl groups is 1. The fourth-order valence-corrected chi connectivity index (χ4v) is 2.43. The molecule has 0 aliphatic rings. The molecule has 0 saturated heterocycles. The quantitative estimate of drug-likeness (QED) is 0.761. The molecule has 1 heterocycles. The van der Waals surface area contributed by atoms with Crippen molar-refractivity contribution in [3.8, 4) is 0 Å². The van der Waals surface area contributed by atoms with E-state index < -0.39 is 0 Å². The van der Waals surface area contributed by atoms with Crippen LogP contribution in [0.4, 0.5) is 5.13 Å². The van der Waals surface area contributed by atoms with Crippen LogP contribution in [0.1, 0.15) is 25.6 Å². The van der Waals surface area contributed by atoms with E-state index in [1.165, 1.54) is 4.88 Å². The van der Waals surface area contributed by atoms with Gasteiger partial charge in [-0.3, -0.25) is 0 Å². The molecule has 4 nitrogen and oxygen atoms in total. The molecule has 1 rings (SSSR count). The van der Waals surface area contributed by atoms with Crippen LogP contribution in [0, 0.1) is 0 Å². The second-order valence-corrected chi connectivity index (χ2v) is 4.86. The number of anilines is 1. The summed E-state index contributed by atoms with van der Waals surface area (Å²) in [6.07, 6.45) is 1.61. The highest BCUT2D eigenvalue weighted by Crippen LogP contribution is 2.21. The average Bonchev–Trinajstić information content (AvgIpc) is 2.68. The summed E-state index contributed by atoms with van der Waals surface area (Å²) in [5.74, 6) is 0. The summed E-state index contributed by atoms with van der Waals surface area (Å²) in [5.41, 5.74) is 0. The number of aromatic nitrogens is 1. The van der Waals surface area contributed by atoms with Crippen LogP contribution in [0.15, 0.2) is 6.20 Å². The van der Waals surface area contributed by atoms with Crippen LogP contribution in [0.5, 0.6) is 0 Å². The third-order valence-corrected chi connectivity index (χ3v) is 3.37. The molecular weight excluding hydrogens is 222 g/mol. The van der Waals surface area contributed by atoms with Gasteiger partial charge in [0.2, 0.25) is 0 Å². The first kappa shape index (κ1) is 13.4. The maximum atomic E-state index is 9.12. The van der Waals surface area contributed by atoms with Gasteiger partial charge >= 0.3 is 0 Å². The van der Waals surface area contributed by atoms with Gasteiger partial charge in [-0.2, -0.15) is 0 Å². The Bertz CT molecular complexity index is 297. The van der Waals surface area contributed by atoms with Crippen molar-refractivity contribution in [3.05, 3.63) is 11.1 Å². The van der Waals surface area contributed by atoms with Gasteiger partial charge in [-0.15, -0.1) is 11.3 Å². The Kier molecular flexibility index (Phi) is 5.73. The van der Waals surface area contributed by atoms with Gasteiger partial charge in [0, 0.05) is 37.3 Å². The van der Waals surface area contributed by atoms with Crippen LogP contribution in [0.3, 0.4) is 0 Å². The highest BCUT2D eigenvalue weighted by atomic mass is 32.1. The first-order valence-corrected chi connectivity index (χ1v) is 6.57. The minimum atomic E-state index is -0.296. The third-order valence-electron chi connectivity index (χ3n) is 2.31. The zero-order valence-corrected chi connectivity index (χ0v) is 11.0. The zero-order valence-electron chi connectivity index (χ0n) is 10.2. The molecule has 0 aliphatic heterocycles. The Morgan fingerprint density at radius 1 is 1.50 bits per heavy atom.